The van der Waals surface area contributed by atoms with Crippen LogP contribution >= 0.6 is 0 Å². The van der Waals surface area contributed by atoms with Crippen LogP contribution < -0.4 is 5.73 Å². The van der Waals surface area contributed by atoms with Crippen molar-refractivity contribution in [3.63, 3.8) is 0 Å². The number of benzene rings is 1. The minimum atomic E-state index is -0.967. The molecule has 0 aliphatic rings. The van der Waals surface area contributed by atoms with Crippen LogP contribution in [-0.2, 0) is 4.79 Å². The highest BCUT2D eigenvalue weighted by atomic mass is 16.4. The zero-order valence-electron chi connectivity index (χ0n) is 9.39. The Hall–Kier alpha value is -1.61. The molecule has 1 rings (SSSR count). The smallest absolute Gasteiger partial charge is 0.321 e. The molecule has 86 valence electrons. The monoisotopic (exact) mass is 219 g/mol. The molecule has 0 saturated carbocycles. The highest BCUT2D eigenvalue weighted by molar-refractivity contribution is 5.75. The summed E-state index contributed by atoms with van der Waals surface area (Å²) in [6, 6.07) is 6.75. The second kappa shape index (κ2) is 5.47. The predicted octanol–water partition coefficient (Wildman–Crippen LogP) is 2.24. The van der Waals surface area contributed by atoms with Crippen molar-refractivity contribution in [3.8, 4) is 0 Å². The molecule has 0 spiro atoms. The van der Waals surface area contributed by atoms with Crippen molar-refractivity contribution in [3.05, 3.63) is 42.0 Å². The fourth-order valence-electron chi connectivity index (χ4n) is 1.87. The van der Waals surface area contributed by atoms with E-state index in [0.717, 1.165) is 11.1 Å². The first-order chi connectivity index (χ1) is 7.61. The molecule has 0 heterocycles. The summed E-state index contributed by atoms with van der Waals surface area (Å²) in [5, 5.41) is 8.96. The van der Waals surface area contributed by atoms with E-state index >= 15 is 0 Å². The molecule has 16 heavy (non-hydrogen) atoms. The summed E-state index contributed by atoms with van der Waals surface area (Å²) in [5.74, 6) is -1.14. The summed E-state index contributed by atoms with van der Waals surface area (Å²) < 4.78 is 0. The van der Waals surface area contributed by atoms with E-state index in [1.165, 1.54) is 0 Å². The Morgan fingerprint density at radius 2 is 2.19 bits per heavy atom. The average molecular weight is 219 g/mol. The lowest BCUT2D eigenvalue weighted by atomic mass is 9.86. The van der Waals surface area contributed by atoms with Crippen LogP contribution in [0.3, 0.4) is 0 Å². The number of rotatable bonds is 5. The van der Waals surface area contributed by atoms with Crippen molar-refractivity contribution >= 4 is 12.0 Å². The van der Waals surface area contributed by atoms with E-state index in [2.05, 4.69) is 6.58 Å². The van der Waals surface area contributed by atoms with Crippen LogP contribution in [-0.4, -0.2) is 17.1 Å². The number of hydrogen-bond donors (Lipinski definition) is 2. The fourth-order valence-corrected chi connectivity index (χ4v) is 1.87. The van der Waals surface area contributed by atoms with Gasteiger partial charge in [-0.15, -0.1) is 0 Å². The topological polar surface area (TPSA) is 63.3 Å². The molecule has 0 saturated heterocycles. The second-order valence-electron chi connectivity index (χ2n) is 3.71. The van der Waals surface area contributed by atoms with Gasteiger partial charge in [0.05, 0.1) is 0 Å². The molecule has 0 bridgehead atoms. The van der Waals surface area contributed by atoms with Crippen LogP contribution in [0.4, 0.5) is 0 Å². The van der Waals surface area contributed by atoms with Crippen molar-refractivity contribution in [1.29, 1.82) is 0 Å². The Kier molecular flexibility index (Phi) is 4.26. The maximum absolute atomic E-state index is 10.9. The van der Waals surface area contributed by atoms with Crippen LogP contribution in [0.15, 0.2) is 30.8 Å². The number of carboxylic acids is 1. The lowest BCUT2D eigenvalue weighted by Gasteiger charge is -2.21. The molecule has 2 atom stereocenters. The molecular formula is C13H17NO2. The van der Waals surface area contributed by atoms with Crippen LogP contribution in [0.1, 0.15) is 30.4 Å². The van der Waals surface area contributed by atoms with Gasteiger partial charge in [-0.3, -0.25) is 4.79 Å². The van der Waals surface area contributed by atoms with Crippen LogP contribution in [0, 0.1) is 0 Å². The van der Waals surface area contributed by atoms with Gasteiger partial charge in [-0.05, 0) is 17.5 Å². The van der Waals surface area contributed by atoms with E-state index in [1.54, 1.807) is 6.08 Å². The van der Waals surface area contributed by atoms with Gasteiger partial charge in [0.15, 0.2) is 0 Å². The summed E-state index contributed by atoms with van der Waals surface area (Å²) >= 11 is 0. The Labute approximate surface area is 95.6 Å². The lowest BCUT2D eigenvalue weighted by molar-refractivity contribution is -0.139. The number of hydrogen-bond acceptors (Lipinski definition) is 2. The van der Waals surface area contributed by atoms with E-state index in [1.807, 2.05) is 31.2 Å². The quantitative estimate of drug-likeness (QED) is 0.798. The van der Waals surface area contributed by atoms with Crippen molar-refractivity contribution in [1.82, 2.24) is 0 Å². The first kappa shape index (κ1) is 12.5. The largest absolute Gasteiger partial charge is 0.480 e. The van der Waals surface area contributed by atoms with E-state index in [4.69, 9.17) is 10.8 Å². The second-order valence-corrected chi connectivity index (χ2v) is 3.71. The van der Waals surface area contributed by atoms with E-state index in [-0.39, 0.29) is 5.92 Å². The van der Waals surface area contributed by atoms with Crippen LogP contribution in [0.2, 0.25) is 0 Å². The van der Waals surface area contributed by atoms with Gasteiger partial charge in [0.25, 0.3) is 0 Å². The maximum Gasteiger partial charge on any atom is 0.321 e. The normalized spacial score (nSPS) is 14.1. The third-order valence-electron chi connectivity index (χ3n) is 2.77. The van der Waals surface area contributed by atoms with E-state index < -0.39 is 12.0 Å². The first-order valence-corrected chi connectivity index (χ1v) is 5.31. The summed E-state index contributed by atoms with van der Waals surface area (Å²) in [6.07, 6.45) is 2.42. The molecule has 0 aliphatic heterocycles. The Bertz CT molecular complexity index is 387. The van der Waals surface area contributed by atoms with Gasteiger partial charge in [-0.25, -0.2) is 0 Å². The van der Waals surface area contributed by atoms with Gasteiger partial charge >= 0.3 is 5.97 Å². The van der Waals surface area contributed by atoms with Gasteiger partial charge in [-0.2, -0.15) is 0 Å². The number of carbonyl (C=O) groups is 1. The molecule has 3 nitrogen and oxygen atoms in total. The molecule has 0 amide bonds. The summed E-state index contributed by atoms with van der Waals surface area (Å²) in [6.45, 7) is 5.66. The van der Waals surface area contributed by atoms with Gasteiger partial charge in [-0.1, -0.05) is 43.8 Å². The summed E-state index contributed by atoms with van der Waals surface area (Å²) in [5.41, 5.74) is 7.60. The third-order valence-corrected chi connectivity index (χ3v) is 2.77. The Morgan fingerprint density at radius 3 is 2.69 bits per heavy atom. The lowest BCUT2D eigenvalue weighted by Crippen LogP contribution is -2.36. The molecule has 0 radical (unpaired) electrons. The Morgan fingerprint density at radius 1 is 1.56 bits per heavy atom. The molecule has 1 aromatic carbocycles. The first-order valence-electron chi connectivity index (χ1n) is 5.31. The SMILES string of the molecule is C=Cc1ccccc1C(CC)C(N)C(=O)O. The van der Waals surface area contributed by atoms with Crippen molar-refractivity contribution in [2.75, 3.05) is 0 Å². The van der Waals surface area contributed by atoms with Gasteiger partial charge < -0.3 is 10.8 Å². The molecular weight excluding hydrogens is 202 g/mol. The average Bonchev–Trinajstić information content (AvgIpc) is 2.30. The standard InChI is InChI=1S/C13H17NO2/c1-3-9-7-5-6-8-11(9)10(4-2)12(14)13(15)16/h3,5-8,10,12H,1,4,14H2,2H3,(H,15,16). The van der Waals surface area contributed by atoms with Crippen LogP contribution in [0.5, 0.6) is 0 Å². The Balaban J connectivity index is 3.12. The summed E-state index contributed by atoms with van der Waals surface area (Å²) in [4.78, 5) is 10.9. The fraction of sp³-hybridized carbons (Fsp3) is 0.308. The molecule has 0 aliphatic carbocycles. The molecule has 0 fully saturated rings. The predicted molar refractivity (Wildman–Crippen MR) is 65.2 cm³/mol. The third kappa shape index (κ3) is 2.49. The van der Waals surface area contributed by atoms with Gasteiger partial charge in [0.1, 0.15) is 6.04 Å². The zero-order valence-corrected chi connectivity index (χ0v) is 9.39. The van der Waals surface area contributed by atoms with Gasteiger partial charge in [0.2, 0.25) is 0 Å². The number of aliphatic carboxylic acids is 1. The molecule has 0 aromatic heterocycles. The minimum absolute atomic E-state index is 0.174. The number of nitrogens with two attached hydrogens (primary N) is 1. The molecule has 1 aromatic rings. The summed E-state index contributed by atoms with van der Waals surface area (Å²) in [7, 11) is 0. The maximum atomic E-state index is 10.9. The zero-order chi connectivity index (χ0) is 12.1. The highest BCUT2D eigenvalue weighted by Crippen LogP contribution is 2.26. The van der Waals surface area contributed by atoms with Crippen molar-refractivity contribution in [2.24, 2.45) is 5.73 Å². The highest BCUT2D eigenvalue weighted by Gasteiger charge is 2.25. The van der Waals surface area contributed by atoms with Crippen molar-refractivity contribution < 1.29 is 9.90 Å². The molecule has 3 N–H and O–H groups in total. The van der Waals surface area contributed by atoms with E-state index in [9.17, 15) is 4.79 Å². The van der Waals surface area contributed by atoms with Crippen molar-refractivity contribution in [2.45, 2.75) is 25.3 Å². The minimum Gasteiger partial charge on any atom is -0.480 e. The molecule has 3 heteroatoms. The van der Waals surface area contributed by atoms with Crippen LogP contribution in [0.25, 0.3) is 6.08 Å². The van der Waals surface area contributed by atoms with Gasteiger partial charge in [0, 0.05) is 5.92 Å². The molecule has 2 unspecified atom stereocenters. The van der Waals surface area contributed by atoms with E-state index in [0.29, 0.717) is 6.42 Å². The number of carboxylic acid groups (broad SMARTS) is 1.